The minimum atomic E-state index is -0.226. The first-order chi connectivity index (χ1) is 16.3. The number of carbonyl (C=O) groups is 1. The van der Waals surface area contributed by atoms with E-state index in [2.05, 4.69) is 17.4 Å². The molecule has 0 bridgehead atoms. The number of aryl methyl sites for hydroxylation is 6. The maximum atomic E-state index is 13.9. The molecule has 0 atom stereocenters. The van der Waals surface area contributed by atoms with E-state index < -0.39 is 0 Å². The fourth-order valence-electron chi connectivity index (χ4n) is 5.09. The van der Waals surface area contributed by atoms with Crippen LogP contribution >= 0.6 is 11.3 Å². The molecule has 0 saturated carbocycles. The predicted molar refractivity (Wildman–Crippen MR) is 140 cm³/mol. The third-order valence-electron chi connectivity index (χ3n) is 6.59. The molecule has 174 valence electrons. The Bertz CT molecular complexity index is 1470. The molecule has 0 saturated heterocycles. The Hall–Kier alpha value is -3.25. The summed E-state index contributed by atoms with van der Waals surface area (Å²) in [6.45, 7) is 7.96. The maximum absolute atomic E-state index is 13.9. The standard InChI is InChI=1S/C28H29N3O2S/c1-16-8-7-9-20(14-16)26-30-27-24(21-10-5-6-11-22(21)34-27)28(33)31(26)15-23(32)29-25-18(3)12-17(2)13-19(25)4/h7-9,12-14H,5-6,10-11,15H2,1-4H3,(H,29,32). The van der Waals surface area contributed by atoms with Gasteiger partial charge in [0.2, 0.25) is 5.91 Å². The number of hydrogen-bond acceptors (Lipinski definition) is 4. The van der Waals surface area contributed by atoms with Crippen LogP contribution in [0.4, 0.5) is 5.69 Å². The lowest BCUT2D eigenvalue weighted by molar-refractivity contribution is -0.116. The molecule has 2 aromatic carbocycles. The molecule has 0 aliphatic heterocycles. The van der Waals surface area contributed by atoms with Crippen LogP contribution in [0.25, 0.3) is 21.6 Å². The van der Waals surface area contributed by atoms with Crippen molar-refractivity contribution in [1.82, 2.24) is 9.55 Å². The second kappa shape index (κ2) is 8.84. The first-order valence-electron chi connectivity index (χ1n) is 11.8. The zero-order valence-electron chi connectivity index (χ0n) is 20.1. The smallest absolute Gasteiger partial charge is 0.263 e. The topological polar surface area (TPSA) is 64.0 Å². The van der Waals surface area contributed by atoms with E-state index in [1.807, 2.05) is 52.0 Å². The number of rotatable bonds is 4. The summed E-state index contributed by atoms with van der Waals surface area (Å²) in [6.07, 6.45) is 4.15. The highest BCUT2D eigenvalue weighted by Gasteiger charge is 2.23. The summed E-state index contributed by atoms with van der Waals surface area (Å²) < 4.78 is 1.56. The number of carbonyl (C=O) groups excluding carboxylic acids is 1. The average molecular weight is 472 g/mol. The highest BCUT2D eigenvalue weighted by Crippen LogP contribution is 2.35. The Morgan fingerprint density at radius 1 is 1.03 bits per heavy atom. The number of benzene rings is 2. The SMILES string of the molecule is Cc1cccc(-c2nc3sc4c(c3c(=O)n2CC(=O)Nc2c(C)cc(C)cc2C)CCCC4)c1. The Morgan fingerprint density at radius 2 is 1.76 bits per heavy atom. The molecule has 34 heavy (non-hydrogen) atoms. The van der Waals surface area contributed by atoms with E-state index in [0.29, 0.717) is 11.2 Å². The molecule has 5 rings (SSSR count). The molecule has 0 unspecified atom stereocenters. The minimum Gasteiger partial charge on any atom is -0.324 e. The van der Waals surface area contributed by atoms with Crippen LogP contribution in [0.2, 0.25) is 0 Å². The van der Waals surface area contributed by atoms with Gasteiger partial charge in [0.15, 0.2) is 0 Å². The molecule has 1 amide bonds. The highest BCUT2D eigenvalue weighted by atomic mass is 32.1. The third-order valence-corrected chi connectivity index (χ3v) is 7.78. The van der Waals surface area contributed by atoms with Crippen molar-refractivity contribution >= 4 is 33.1 Å². The lowest BCUT2D eigenvalue weighted by Gasteiger charge is -2.16. The van der Waals surface area contributed by atoms with E-state index in [-0.39, 0.29) is 18.0 Å². The van der Waals surface area contributed by atoms with Gasteiger partial charge in [0.1, 0.15) is 17.2 Å². The van der Waals surface area contributed by atoms with Crippen LogP contribution in [-0.4, -0.2) is 15.5 Å². The van der Waals surface area contributed by atoms with E-state index in [0.717, 1.165) is 69.6 Å². The molecular formula is C28H29N3O2S. The number of aromatic nitrogens is 2. The van der Waals surface area contributed by atoms with Crippen LogP contribution in [0, 0.1) is 27.7 Å². The van der Waals surface area contributed by atoms with Gasteiger partial charge in [-0.25, -0.2) is 4.98 Å². The van der Waals surface area contributed by atoms with Crippen LogP contribution < -0.4 is 10.9 Å². The molecule has 5 nitrogen and oxygen atoms in total. The number of fused-ring (bicyclic) bond motifs is 3. The third kappa shape index (κ3) is 4.07. The number of nitrogens with one attached hydrogen (secondary N) is 1. The zero-order chi connectivity index (χ0) is 24.0. The second-order valence-corrected chi connectivity index (χ2v) is 10.5. The van der Waals surface area contributed by atoms with Gasteiger partial charge < -0.3 is 5.32 Å². The summed E-state index contributed by atoms with van der Waals surface area (Å²) in [5, 5.41) is 3.75. The Kier molecular flexibility index (Phi) is 5.86. The molecule has 0 radical (unpaired) electrons. The number of amides is 1. The van der Waals surface area contributed by atoms with Crippen molar-refractivity contribution in [3.8, 4) is 11.4 Å². The van der Waals surface area contributed by atoms with E-state index in [9.17, 15) is 9.59 Å². The lowest BCUT2D eigenvalue weighted by atomic mass is 9.97. The molecule has 1 aliphatic carbocycles. The molecule has 2 heterocycles. The van der Waals surface area contributed by atoms with E-state index in [1.165, 1.54) is 4.88 Å². The van der Waals surface area contributed by atoms with Gasteiger partial charge in [0, 0.05) is 16.1 Å². The summed E-state index contributed by atoms with van der Waals surface area (Å²) in [7, 11) is 0. The Morgan fingerprint density at radius 3 is 2.50 bits per heavy atom. The minimum absolute atomic E-state index is 0.0809. The van der Waals surface area contributed by atoms with Crippen molar-refractivity contribution in [2.75, 3.05) is 5.32 Å². The highest BCUT2D eigenvalue weighted by molar-refractivity contribution is 7.18. The molecule has 1 aliphatic rings. The molecule has 2 aromatic heterocycles. The molecule has 4 aromatic rings. The van der Waals surface area contributed by atoms with E-state index in [4.69, 9.17) is 4.98 Å². The van der Waals surface area contributed by atoms with Crippen LogP contribution in [0.1, 0.15) is 45.5 Å². The summed E-state index contributed by atoms with van der Waals surface area (Å²) in [5.41, 5.74) is 6.94. The van der Waals surface area contributed by atoms with Gasteiger partial charge in [-0.15, -0.1) is 11.3 Å². The van der Waals surface area contributed by atoms with Crippen molar-refractivity contribution in [3.63, 3.8) is 0 Å². The van der Waals surface area contributed by atoms with Crippen molar-refractivity contribution < 1.29 is 4.79 Å². The average Bonchev–Trinajstić information content (AvgIpc) is 3.16. The van der Waals surface area contributed by atoms with Crippen LogP contribution in [0.5, 0.6) is 0 Å². The fraction of sp³-hybridized carbons (Fsp3) is 0.321. The largest absolute Gasteiger partial charge is 0.324 e. The van der Waals surface area contributed by atoms with Gasteiger partial charge in [-0.2, -0.15) is 0 Å². The normalized spacial score (nSPS) is 13.2. The Labute approximate surface area is 203 Å². The predicted octanol–water partition coefficient (Wildman–Crippen LogP) is 5.88. The first-order valence-corrected chi connectivity index (χ1v) is 12.6. The van der Waals surface area contributed by atoms with Crippen molar-refractivity contribution in [2.45, 2.75) is 59.9 Å². The van der Waals surface area contributed by atoms with Crippen molar-refractivity contribution in [1.29, 1.82) is 0 Å². The molecule has 0 spiro atoms. The van der Waals surface area contributed by atoms with Crippen molar-refractivity contribution in [2.24, 2.45) is 0 Å². The fourth-order valence-corrected chi connectivity index (χ4v) is 6.34. The summed E-state index contributed by atoms with van der Waals surface area (Å²) in [5.74, 6) is 0.323. The van der Waals surface area contributed by atoms with Gasteiger partial charge in [-0.3, -0.25) is 14.2 Å². The van der Waals surface area contributed by atoms with Gasteiger partial charge in [0.25, 0.3) is 5.56 Å². The monoisotopic (exact) mass is 471 g/mol. The Balaban J connectivity index is 1.62. The number of hydrogen-bond donors (Lipinski definition) is 1. The van der Waals surface area contributed by atoms with E-state index in [1.54, 1.807) is 15.9 Å². The summed E-state index contributed by atoms with van der Waals surface area (Å²) in [6, 6.07) is 12.1. The van der Waals surface area contributed by atoms with E-state index >= 15 is 0 Å². The quantitative estimate of drug-likeness (QED) is 0.404. The lowest BCUT2D eigenvalue weighted by Crippen LogP contribution is -2.30. The number of anilines is 1. The van der Waals surface area contributed by atoms with Gasteiger partial charge in [-0.1, -0.05) is 41.5 Å². The summed E-state index contributed by atoms with van der Waals surface area (Å²) in [4.78, 5) is 34.1. The van der Waals surface area contributed by atoms with Crippen LogP contribution in [0.3, 0.4) is 0 Å². The number of thiophene rings is 1. The molecule has 1 N–H and O–H groups in total. The van der Waals surface area contributed by atoms with Crippen LogP contribution in [0.15, 0.2) is 41.2 Å². The molecule has 0 fully saturated rings. The zero-order valence-corrected chi connectivity index (χ0v) is 20.9. The molecule has 6 heteroatoms. The van der Waals surface area contributed by atoms with Gasteiger partial charge in [0.05, 0.1) is 5.39 Å². The van der Waals surface area contributed by atoms with Crippen molar-refractivity contribution in [3.05, 3.63) is 79.4 Å². The second-order valence-electron chi connectivity index (χ2n) is 9.41. The molecular weight excluding hydrogens is 442 g/mol. The number of nitrogens with zero attached hydrogens (tertiary/aromatic N) is 2. The summed E-state index contributed by atoms with van der Waals surface area (Å²) >= 11 is 1.64. The van der Waals surface area contributed by atoms with Gasteiger partial charge >= 0.3 is 0 Å². The van der Waals surface area contributed by atoms with Gasteiger partial charge in [-0.05, 0) is 76.1 Å². The first kappa shape index (κ1) is 22.5. The van der Waals surface area contributed by atoms with Crippen LogP contribution in [-0.2, 0) is 24.2 Å². The maximum Gasteiger partial charge on any atom is 0.263 e.